The van der Waals surface area contributed by atoms with Crippen LogP contribution >= 0.6 is 0 Å². The summed E-state index contributed by atoms with van der Waals surface area (Å²) < 4.78 is 27.8. The Morgan fingerprint density at radius 1 is 1.07 bits per heavy atom. The van der Waals surface area contributed by atoms with E-state index in [1.54, 1.807) is 17.0 Å². The zero-order chi connectivity index (χ0) is 32.4. The molecule has 3 N–H and O–H groups in total. The molecule has 2 aliphatic rings. The third-order valence-electron chi connectivity index (χ3n) is 9.51. The molecule has 3 heterocycles. The molecule has 1 aromatic carbocycles. The van der Waals surface area contributed by atoms with Gasteiger partial charge in [-0.05, 0) is 56.7 Å². The molecule has 0 aliphatic carbocycles. The van der Waals surface area contributed by atoms with Gasteiger partial charge in [-0.1, -0.05) is 53.2 Å². The summed E-state index contributed by atoms with van der Waals surface area (Å²) in [5, 5.41) is 21.2. The molecule has 11 nitrogen and oxygen atoms in total. The zero-order valence-corrected chi connectivity index (χ0v) is 28.1. The van der Waals surface area contributed by atoms with Gasteiger partial charge in [0.25, 0.3) is 0 Å². The van der Waals surface area contributed by atoms with E-state index in [0.717, 1.165) is 35.4 Å². The number of nitrogens with zero attached hydrogens (tertiary/aromatic N) is 4. The molecule has 2 saturated heterocycles. The maximum atomic E-state index is 13.8. The van der Waals surface area contributed by atoms with Gasteiger partial charge in [-0.15, -0.1) is 0 Å². The quantitative estimate of drug-likeness (QED) is 0.328. The number of aromatic amines is 1. The van der Waals surface area contributed by atoms with Gasteiger partial charge in [-0.25, -0.2) is 8.42 Å². The molecule has 244 valence electrons. The molecule has 1 spiro atoms. The molecule has 4 rings (SSSR count). The molecule has 2 amide bonds. The monoisotopic (exact) mass is 630 g/mol. The van der Waals surface area contributed by atoms with Crippen LogP contribution in [0, 0.1) is 19.8 Å². The van der Waals surface area contributed by atoms with Crippen molar-refractivity contribution in [3.63, 3.8) is 0 Å². The number of unbranched alkanes of at least 4 members (excludes halogenated alkanes) is 1. The summed E-state index contributed by atoms with van der Waals surface area (Å²) in [6.45, 7) is 15.7. The topological polar surface area (TPSA) is 139 Å². The lowest BCUT2D eigenvalue weighted by molar-refractivity contribution is -0.165. The summed E-state index contributed by atoms with van der Waals surface area (Å²) in [7, 11) is -3.60. The van der Waals surface area contributed by atoms with Crippen molar-refractivity contribution in [1.29, 1.82) is 0 Å². The lowest BCUT2D eigenvalue weighted by atomic mass is 9.79. The van der Waals surface area contributed by atoms with Crippen molar-refractivity contribution in [1.82, 2.24) is 29.6 Å². The Morgan fingerprint density at radius 2 is 1.68 bits per heavy atom. The van der Waals surface area contributed by atoms with E-state index in [1.165, 1.54) is 4.31 Å². The van der Waals surface area contributed by atoms with Gasteiger partial charge in [0.2, 0.25) is 21.8 Å². The van der Waals surface area contributed by atoms with E-state index in [1.807, 2.05) is 53.7 Å². The van der Waals surface area contributed by atoms with Crippen LogP contribution in [0.1, 0.15) is 88.9 Å². The van der Waals surface area contributed by atoms with Crippen molar-refractivity contribution < 1.29 is 23.1 Å². The van der Waals surface area contributed by atoms with Crippen LogP contribution in [-0.2, 0) is 19.6 Å². The predicted octanol–water partition coefficient (Wildman–Crippen LogP) is 3.13. The van der Waals surface area contributed by atoms with Gasteiger partial charge in [-0.2, -0.15) is 9.40 Å². The fraction of sp³-hybridized carbons (Fsp3) is 0.656. The highest BCUT2D eigenvalue weighted by atomic mass is 32.2. The first-order chi connectivity index (χ1) is 20.8. The molecular formula is C32H50N6O5S. The summed E-state index contributed by atoms with van der Waals surface area (Å²) in [6.07, 6.45) is 1.58. The van der Waals surface area contributed by atoms with Gasteiger partial charge in [0, 0.05) is 44.0 Å². The Hall–Kier alpha value is -2.80. The van der Waals surface area contributed by atoms with Crippen LogP contribution in [0.3, 0.4) is 0 Å². The van der Waals surface area contributed by atoms with E-state index in [0.29, 0.717) is 45.6 Å². The number of piperidine rings is 1. The van der Waals surface area contributed by atoms with Crippen LogP contribution in [0.4, 0.5) is 0 Å². The number of H-pyrrole nitrogens is 1. The van der Waals surface area contributed by atoms with Crippen molar-refractivity contribution >= 4 is 21.8 Å². The first-order valence-corrected chi connectivity index (χ1v) is 17.4. The summed E-state index contributed by atoms with van der Waals surface area (Å²) in [5.74, 6) is -0.588. The van der Waals surface area contributed by atoms with Crippen LogP contribution < -0.4 is 5.32 Å². The van der Waals surface area contributed by atoms with Gasteiger partial charge in [-0.3, -0.25) is 19.6 Å². The number of likely N-dealkylation sites (tertiary alicyclic amines) is 1. The Bertz CT molecular complexity index is 1390. The Morgan fingerprint density at radius 3 is 2.18 bits per heavy atom. The molecule has 0 bridgehead atoms. The molecule has 0 radical (unpaired) electrons. The number of aryl methyl sites for hydroxylation is 2. The predicted molar refractivity (Wildman–Crippen MR) is 169 cm³/mol. The largest absolute Gasteiger partial charge is 0.390 e. The van der Waals surface area contributed by atoms with Crippen molar-refractivity contribution in [3.05, 3.63) is 46.8 Å². The van der Waals surface area contributed by atoms with Gasteiger partial charge in [0.15, 0.2) is 0 Å². The van der Waals surface area contributed by atoms with Gasteiger partial charge in [0.1, 0.15) is 11.6 Å². The standard InChI is InChI=1S/C32H50N6O5S/c1-8-11-18-38-30(40)27(29(39)21(4)5)33-31(41)32(38)16-19-36(20-17-32)28(26-22(6)34-35-23(26)7)24-12-14-25(15-13-24)44(42,43)37(9-2)10-3/h12-15,21,27-29,39H,8-11,16-20H2,1-7H3,(H,33,41)(H,34,35)/t27-,28?,29-/m1/s1. The van der Waals surface area contributed by atoms with E-state index >= 15 is 0 Å². The molecule has 12 heteroatoms. The minimum absolute atomic E-state index is 0.177. The number of hydrogen-bond donors (Lipinski definition) is 3. The Labute approximate surface area is 262 Å². The number of aliphatic hydroxyl groups excluding tert-OH is 1. The van der Waals surface area contributed by atoms with Crippen LogP contribution in [0.5, 0.6) is 0 Å². The Kier molecular flexibility index (Phi) is 10.6. The fourth-order valence-corrected chi connectivity index (χ4v) is 8.26. The van der Waals surface area contributed by atoms with E-state index in [2.05, 4.69) is 27.3 Å². The SMILES string of the molecule is CCCCN1C(=O)[C@@H]([C@H](O)C(C)C)NC(=O)C12CCN(C(c1ccc(S(=O)(=O)N(CC)CC)cc1)c1c(C)n[nH]c1C)CC2. The van der Waals surface area contributed by atoms with Crippen LogP contribution in [-0.4, -0.2) is 100 Å². The third kappa shape index (κ3) is 6.18. The average molecular weight is 631 g/mol. The number of sulfonamides is 1. The van der Waals surface area contributed by atoms with Gasteiger partial charge < -0.3 is 15.3 Å². The summed E-state index contributed by atoms with van der Waals surface area (Å²) in [5.41, 5.74) is 2.75. The first-order valence-electron chi connectivity index (χ1n) is 16.0. The zero-order valence-electron chi connectivity index (χ0n) is 27.3. The van der Waals surface area contributed by atoms with Crippen molar-refractivity contribution in [2.24, 2.45) is 5.92 Å². The maximum Gasteiger partial charge on any atom is 0.248 e. The van der Waals surface area contributed by atoms with Gasteiger partial charge >= 0.3 is 0 Å². The lowest BCUT2D eigenvalue weighted by Gasteiger charge is -2.53. The highest BCUT2D eigenvalue weighted by Gasteiger charge is 2.55. The minimum Gasteiger partial charge on any atom is -0.390 e. The molecule has 0 saturated carbocycles. The maximum absolute atomic E-state index is 13.8. The van der Waals surface area contributed by atoms with E-state index in [-0.39, 0.29) is 28.7 Å². The van der Waals surface area contributed by atoms with Crippen LogP contribution in [0.15, 0.2) is 29.2 Å². The second-order valence-corrected chi connectivity index (χ2v) is 14.4. The number of carbonyl (C=O) groups excluding carboxylic acids is 2. The fourth-order valence-electron chi connectivity index (χ4n) is 6.80. The van der Waals surface area contributed by atoms with Crippen molar-refractivity contribution in [2.75, 3.05) is 32.7 Å². The number of rotatable bonds is 12. The molecule has 44 heavy (non-hydrogen) atoms. The number of hydrogen-bond acceptors (Lipinski definition) is 7. The summed E-state index contributed by atoms with van der Waals surface area (Å²) >= 11 is 0. The molecule has 2 fully saturated rings. The molecule has 3 atom stereocenters. The summed E-state index contributed by atoms with van der Waals surface area (Å²) in [4.78, 5) is 31.9. The van der Waals surface area contributed by atoms with Crippen LogP contribution in [0.2, 0.25) is 0 Å². The lowest BCUT2D eigenvalue weighted by Crippen LogP contribution is -2.75. The van der Waals surface area contributed by atoms with Crippen molar-refractivity contribution in [3.8, 4) is 0 Å². The highest BCUT2D eigenvalue weighted by Crippen LogP contribution is 2.40. The third-order valence-corrected chi connectivity index (χ3v) is 11.6. The summed E-state index contributed by atoms with van der Waals surface area (Å²) in [6, 6.07) is 5.92. The van der Waals surface area contributed by atoms with Crippen molar-refractivity contribution in [2.45, 2.75) is 103 Å². The normalized spacial score (nSPS) is 20.9. The average Bonchev–Trinajstić information content (AvgIpc) is 3.33. The second-order valence-electron chi connectivity index (χ2n) is 12.5. The van der Waals surface area contributed by atoms with E-state index in [4.69, 9.17) is 0 Å². The highest BCUT2D eigenvalue weighted by molar-refractivity contribution is 7.89. The number of aliphatic hydroxyl groups is 1. The van der Waals surface area contributed by atoms with E-state index in [9.17, 15) is 23.1 Å². The number of benzene rings is 1. The Balaban J connectivity index is 1.67. The second kappa shape index (κ2) is 13.7. The van der Waals surface area contributed by atoms with Crippen LogP contribution in [0.25, 0.3) is 0 Å². The molecular weight excluding hydrogens is 580 g/mol. The molecule has 1 unspecified atom stereocenters. The van der Waals surface area contributed by atoms with E-state index < -0.39 is 27.7 Å². The number of nitrogens with one attached hydrogen (secondary N) is 2. The smallest absolute Gasteiger partial charge is 0.248 e. The minimum atomic E-state index is -3.60. The number of piperazine rings is 1. The molecule has 1 aromatic heterocycles. The van der Waals surface area contributed by atoms with Gasteiger partial charge in [0.05, 0.1) is 22.7 Å². The molecule has 2 aliphatic heterocycles. The molecule has 2 aromatic rings. The number of aromatic nitrogens is 2. The number of carbonyl (C=O) groups is 2. The first kappa shape index (κ1) is 34.1. The number of amides is 2.